The zero-order chi connectivity index (χ0) is 21.0. The molecular formula is C20H28N4O5. The molecule has 4 aliphatic heterocycles. The van der Waals surface area contributed by atoms with Crippen LogP contribution in [0.25, 0.3) is 0 Å². The molecule has 0 aromatic heterocycles. The highest BCUT2D eigenvalue weighted by molar-refractivity contribution is 6.27. The minimum absolute atomic E-state index is 0.0779. The molecule has 9 nitrogen and oxygen atoms in total. The Balaban J connectivity index is 1.58. The molecule has 3 unspecified atom stereocenters. The number of nitrogens with zero attached hydrogens (tertiary/aromatic N) is 4. The maximum atomic E-state index is 12.7. The van der Waals surface area contributed by atoms with E-state index < -0.39 is 6.16 Å². The van der Waals surface area contributed by atoms with Gasteiger partial charge in [0, 0.05) is 25.5 Å². The summed E-state index contributed by atoms with van der Waals surface area (Å²) in [5.74, 6) is -0.226. The third-order valence-corrected chi connectivity index (χ3v) is 7.05. The maximum absolute atomic E-state index is 12.7. The second-order valence-electron chi connectivity index (χ2n) is 9.44. The van der Waals surface area contributed by atoms with Gasteiger partial charge in [0.15, 0.2) is 0 Å². The van der Waals surface area contributed by atoms with Gasteiger partial charge >= 0.3 is 0 Å². The van der Waals surface area contributed by atoms with Crippen molar-refractivity contribution in [1.29, 1.82) is 0 Å². The molecule has 2 fully saturated rings. The van der Waals surface area contributed by atoms with Crippen LogP contribution in [0.5, 0.6) is 0 Å². The van der Waals surface area contributed by atoms with E-state index in [0.29, 0.717) is 25.9 Å². The average molecular weight is 404 g/mol. The van der Waals surface area contributed by atoms with Crippen molar-refractivity contribution in [2.45, 2.75) is 63.5 Å². The summed E-state index contributed by atoms with van der Waals surface area (Å²) >= 11 is 0. The minimum Gasteiger partial charge on any atom is -0.546 e. The van der Waals surface area contributed by atoms with Gasteiger partial charge in [0.2, 0.25) is 5.91 Å². The van der Waals surface area contributed by atoms with Crippen molar-refractivity contribution >= 4 is 24.2 Å². The Bertz CT molecular complexity index is 778. The topological polar surface area (TPSA) is 102 Å². The molecule has 0 bridgehead atoms. The third kappa shape index (κ3) is 3.31. The van der Waals surface area contributed by atoms with E-state index in [2.05, 4.69) is 25.8 Å². The summed E-state index contributed by atoms with van der Waals surface area (Å²) in [4.78, 5) is 43.8. The van der Waals surface area contributed by atoms with Crippen LogP contribution in [-0.4, -0.2) is 94.5 Å². The summed E-state index contributed by atoms with van der Waals surface area (Å²) < 4.78 is 5.63. The van der Waals surface area contributed by atoms with Crippen molar-refractivity contribution in [3.63, 3.8) is 0 Å². The Morgan fingerprint density at radius 2 is 1.97 bits per heavy atom. The van der Waals surface area contributed by atoms with Gasteiger partial charge in [0.25, 0.3) is 12.1 Å². The normalized spacial score (nSPS) is 36.4. The molecule has 0 N–H and O–H groups in total. The molecule has 4 rings (SSSR count). The summed E-state index contributed by atoms with van der Waals surface area (Å²) in [6.07, 6.45) is 3.77. The van der Waals surface area contributed by atoms with Gasteiger partial charge in [-0.3, -0.25) is 14.6 Å². The highest BCUT2D eigenvalue weighted by atomic mass is 16.7. The second-order valence-corrected chi connectivity index (χ2v) is 9.44. The van der Waals surface area contributed by atoms with E-state index in [1.807, 2.05) is 4.90 Å². The van der Waals surface area contributed by atoms with Crippen LogP contribution in [0, 0.1) is 0 Å². The monoisotopic (exact) mass is 404 g/mol. The Morgan fingerprint density at radius 3 is 2.59 bits per heavy atom. The highest BCUT2D eigenvalue weighted by Crippen LogP contribution is 2.37. The Hall–Kier alpha value is -2.42. The second kappa shape index (κ2) is 6.83. The van der Waals surface area contributed by atoms with E-state index in [1.54, 1.807) is 17.1 Å². The first-order valence-corrected chi connectivity index (χ1v) is 10.2. The molecule has 9 heteroatoms. The van der Waals surface area contributed by atoms with Crippen LogP contribution < -0.4 is 5.11 Å². The lowest BCUT2D eigenvalue weighted by atomic mass is 9.92. The molecule has 0 radical (unpaired) electrons. The lowest BCUT2D eigenvalue weighted by Crippen LogP contribution is -2.68. The first kappa shape index (κ1) is 19.9. The fourth-order valence-electron chi connectivity index (χ4n) is 5.35. The quantitative estimate of drug-likeness (QED) is 0.467. The summed E-state index contributed by atoms with van der Waals surface area (Å²) in [6, 6.07) is -0.316. The zero-order valence-electron chi connectivity index (χ0n) is 17.1. The van der Waals surface area contributed by atoms with Crippen molar-refractivity contribution in [2.75, 3.05) is 26.2 Å². The van der Waals surface area contributed by atoms with E-state index in [0.717, 1.165) is 17.6 Å². The third-order valence-electron chi connectivity index (χ3n) is 7.05. The van der Waals surface area contributed by atoms with Crippen LogP contribution in [0.1, 0.15) is 33.6 Å². The zero-order valence-corrected chi connectivity index (χ0v) is 17.1. The summed E-state index contributed by atoms with van der Waals surface area (Å²) in [7, 11) is 0. The molecule has 0 aromatic carbocycles. The summed E-state index contributed by atoms with van der Waals surface area (Å²) in [5, 5.41) is 10.8. The standard InChI is InChI=1S/C20H28N4O5/c1-20(2,3)24(8-6-14(7-9-24)29-19(27)28)12-13-11-22-17(26)10-21-15-4-5-16(25)23(13)18(15)22/h4-5,10,13-15,18H,6-9,11-12H2,1-3H3. The van der Waals surface area contributed by atoms with E-state index in [9.17, 15) is 19.5 Å². The Morgan fingerprint density at radius 1 is 1.28 bits per heavy atom. The molecule has 4 aliphatic rings. The van der Waals surface area contributed by atoms with Gasteiger partial charge in [-0.15, -0.1) is 0 Å². The van der Waals surface area contributed by atoms with Gasteiger partial charge in [0.1, 0.15) is 24.8 Å². The van der Waals surface area contributed by atoms with Crippen molar-refractivity contribution in [2.24, 2.45) is 4.99 Å². The van der Waals surface area contributed by atoms with Crippen molar-refractivity contribution in [1.82, 2.24) is 9.80 Å². The van der Waals surface area contributed by atoms with E-state index >= 15 is 0 Å². The molecule has 3 atom stereocenters. The molecule has 4 heterocycles. The fourth-order valence-corrected chi connectivity index (χ4v) is 5.35. The highest BCUT2D eigenvalue weighted by Gasteiger charge is 2.54. The van der Waals surface area contributed by atoms with E-state index in [1.165, 1.54) is 6.21 Å². The molecular weight excluding hydrogens is 376 g/mol. The number of amides is 2. The maximum Gasteiger partial charge on any atom is 0.266 e. The molecule has 2 saturated heterocycles. The van der Waals surface area contributed by atoms with Crippen molar-refractivity contribution in [3.05, 3.63) is 12.2 Å². The van der Waals surface area contributed by atoms with Crippen molar-refractivity contribution in [3.8, 4) is 0 Å². The van der Waals surface area contributed by atoms with Crippen LogP contribution in [0.4, 0.5) is 4.79 Å². The SMILES string of the molecule is CC(C)(C)[N+]1(CC2CN3C(=O)C=NC4C=CC(=O)N2C43)CCC(OC(=O)[O-])CC1. The Kier molecular flexibility index (Phi) is 4.68. The molecule has 0 saturated carbocycles. The molecule has 2 amide bonds. The predicted molar refractivity (Wildman–Crippen MR) is 102 cm³/mol. The van der Waals surface area contributed by atoms with Gasteiger partial charge in [0.05, 0.1) is 30.9 Å². The van der Waals surface area contributed by atoms with E-state index in [-0.39, 0.29) is 41.7 Å². The smallest absolute Gasteiger partial charge is 0.266 e. The number of ether oxygens (including phenoxy) is 1. The molecule has 0 aromatic rings. The first-order valence-electron chi connectivity index (χ1n) is 10.2. The van der Waals surface area contributed by atoms with E-state index in [4.69, 9.17) is 4.74 Å². The number of carbonyl (C=O) groups is 3. The lowest BCUT2D eigenvalue weighted by Gasteiger charge is -2.54. The summed E-state index contributed by atoms with van der Waals surface area (Å²) in [6.45, 7) is 9.20. The average Bonchev–Trinajstić information content (AvgIpc) is 3.02. The van der Waals surface area contributed by atoms with Gasteiger partial charge in [-0.25, -0.2) is 0 Å². The van der Waals surface area contributed by atoms with Crippen LogP contribution in [0.3, 0.4) is 0 Å². The number of hydrogen-bond acceptors (Lipinski definition) is 6. The lowest BCUT2D eigenvalue weighted by molar-refractivity contribution is -0.976. The number of rotatable bonds is 3. The van der Waals surface area contributed by atoms with Crippen molar-refractivity contribution < 1.29 is 28.7 Å². The number of quaternary nitrogens is 1. The molecule has 29 heavy (non-hydrogen) atoms. The van der Waals surface area contributed by atoms with Crippen LogP contribution in [-0.2, 0) is 14.3 Å². The number of carboxylic acid groups (broad SMARTS) is 1. The molecule has 0 spiro atoms. The fraction of sp³-hybridized carbons (Fsp3) is 0.700. The molecule has 0 aliphatic carbocycles. The molecule has 158 valence electrons. The predicted octanol–water partition coefficient (Wildman–Crippen LogP) is -0.488. The Labute approximate surface area is 170 Å². The van der Waals surface area contributed by atoms with Crippen LogP contribution in [0.2, 0.25) is 0 Å². The number of carbonyl (C=O) groups excluding carboxylic acids is 3. The van der Waals surface area contributed by atoms with Crippen LogP contribution in [0.15, 0.2) is 17.1 Å². The minimum atomic E-state index is -1.48. The number of aliphatic imine (C=N–C) groups is 1. The van der Waals surface area contributed by atoms with Crippen LogP contribution >= 0.6 is 0 Å². The number of likely N-dealkylation sites (tertiary alicyclic amines) is 1. The number of piperidine rings is 1. The first-order chi connectivity index (χ1) is 13.6. The summed E-state index contributed by atoms with van der Waals surface area (Å²) in [5.41, 5.74) is -0.107. The van der Waals surface area contributed by atoms with Gasteiger partial charge in [-0.1, -0.05) is 6.08 Å². The largest absolute Gasteiger partial charge is 0.546 e. The number of hydrogen-bond donors (Lipinski definition) is 0. The van der Waals surface area contributed by atoms with Gasteiger partial charge in [-0.05, 0) is 20.8 Å². The van der Waals surface area contributed by atoms with Gasteiger partial charge in [-0.2, -0.15) is 0 Å². The van der Waals surface area contributed by atoms with Gasteiger partial charge < -0.3 is 28.9 Å².